The molecule has 2 unspecified atom stereocenters. The molecular weight excluding hydrogens is 249 g/mol. The first-order valence-corrected chi connectivity index (χ1v) is 7.18. The first-order valence-electron chi connectivity index (χ1n) is 6.80. The van der Waals surface area contributed by atoms with E-state index in [-0.39, 0.29) is 5.82 Å². The Hall–Kier alpha value is -0.600. The van der Waals surface area contributed by atoms with E-state index in [9.17, 15) is 4.39 Å². The van der Waals surface area contributed by atoms with Crippen LogP contribution in [0, 0.1) is 11.7 Å². The molecule has 100 valence electrons. The summed E-state index contributed by atoms with van der Waals surface area (Å²) in [7, 11) is 0. The van der Waals surface area contributed by atoms with Gasteiger partial charge in [0.25, 0.3) is 0 Å². The molecule has 0 amide bonds. The number of nitrogens with one attached hydrogen (secondary N) is 1. The minimum Gasteiger partial charge on any atom is -0.313 e. The van der Waals surface area contributed by atoms with Crippen LogP contribution in [0.2, 0.25) is 5.02 Å². The van der Waals surface area contributed by atoms with Crippen LogP contribution in [0.25, 0.3) is 0 Å². The molecule has 0 aliphatic heterocycles. The maximum absolute atomic E-state index is 13.1. The van der Waals surface area contributed by atoms with Gasteiger partial charge in [-0.2, -0.15) is 0 Å². The monoisotopic (exact) mass is 269 g/mol. The Morgan fingerprint density at radius 2 is 2.17 bits per heavy atom. The fourth-order valence-corrected chi connectivity index (χ4v) is 2.59. The first kappa shape index (κ1) is 13.8. The van der Waals surface area contributed by atoms with E-state index in [1.165, 1.54) is 25.0 Å². The van der Waals surface area contributed by atoms with E-state index in [4.69, 9.17) is 11.6 Å². The minimum absolute atomic E-state index is 0.262. The molecule has 0 bridgehead atoms. The van der Waals surface area contributed by atoms with Crippen LogP contribution in [-0.4, -0.2) is 12.6 Å². The second kappa shape index (κ2) is 6.03. The maximum Gasteiger partial charge on any atom is 0.124 e. The maximum atomic E-state index is 13.1. The van der Waals surface area contributed by atoms with E-state index in [0.29, 0.717) is 22.9 Å². The highest BCUT2D eigenvalue weighted by Gasteiger charge is 2.25. The standard InChI is InChI=1S/C15H21ClFN/c1-3-10(2)14(9-18-12-5-6-12)13-7-4-11(17)8-15(13)16/h4,7-8,10,12,14,18H,3,5-6,9H2,1-2H3. The SMILES string of the molecule is CCC(C)C(CNC1CC1)c1ccc(F)cc1Cl. The van der Waals surface area contributed by atoms with E-state index in [1.807, 2.05) is 6.07 Å². The summed E-state index contributed by atoms with van der Waals surface area (Å²) in [6.45, 7) is 5.36. The molecule has 2 atom stereocenters. The summed E-state index contributed by atoms with van der Waals surface area (Å²) in [5.74, 6) is 0.643. The molecule has 1 saturated carbocycles. The molecule has 0 saturated heterocycles. The van der Waals surface area contributed by atoms with Crippen molar-refractivity contribution in [2.75, 3.05) is 6.54 Å². The normalized spacial score (nSPS) is 18.7. The van der Waals surface area contributed by atoms with Gasteiger partial charge < -0.3 is 5.32 Å². The van der Waals surface area contributed by atoms with Crippen LogP contribution in [0.1, 0.15) is 44.6 Å². The van der Waals surface area contributed by atoms with Gasteiger partial charge in [-0.3, -0.25) is 0 Å². The van der Waals surface area contributed by atoms with E-state index in [1.54, 1.807) is 0 Å². The summed E-state index contributed by atoms with van der Waals surface area (Å²) in [4.78, 5) is 0. The molecule has 0 heterocycles. The molecule has 2 rings (SSSR count). The number of hydrogen-bond acceptors (Lipinski definition) is 1. The summed E-state index contributed by atoms with van der Waals surface area (Å²) in [5, 5.41) is 4.11. The summed E-state index contributed by atoms with van der Waals surface area (Å²) in [6, 6.07) is 5.45. The summed E-state index contributed by atoms with van der Waals surface area (Å²) in [5.41, 5.74) is 1.07. The van der Waals surface area contributed by atoms with Crippen LogP contribution in [-0.2, 0) is 0 Å². The highest BCUT2D eigenvalue weighted by molar-refractivity contribution is 6.31. The lowest BCUT2D eigenvalue weighted by atomic mass is 9.85. The van der Waals surface area contributed by atoms with Crippen molar-refractivity contribution < 1.29 is 4.39 Å². The van der Waals surface area contributed by atoms with Gasteiger partial charge in [0.1, 0.15) is 5.82 Å². The Kier molecular flexibility index (Phi) is 4.63. The van der Waals surface area contributed by atoms with Crippen molar-refractivity contribution in [1.29, 1.82) is 0 Å². The first-order chi connectivity index (χ1) is 8.61. The lowest BCUT2D eigenvalue weighted by molar-refractivity contribution is 0.419. The van der Waals surface area contributed by atoms with Crippen LogP contribution in [0.3, 0.4) is 0 Å². The fourth-order valence-electron chi connectivity index (χ4n) is 2.29. The Balaban J connectivity index is 2.14. The number of benzene rings is 1. The molecule has 0 aromatic heterocycles. The van der Waals surface area contributed by atoms with Gasteiger partial charge in [0.05, 0.1) is 0 Å². The van der Waals surface area contributed by atoms with Crippen molar-refractivity contribution in [1.82, 2.24) is 5.32 Å². The number of hydrogen-bond donors (Lipinski definition) is 1. The van der Waals surface area contributed by atoms with Crippen LogP contribution in [0.4, 0.5) is 4.39 Å². The highest BCUT2D eigenvalue weighted by atomic mass is 35.5. The summed E-state index contributed by atoms with van der Waals surface area (Å²) < 4.78 is 13.1. The van der Waals surface area contributed by atoms with Crippen LogP contribution in [0.15, 0.2) is 18.2 Å². The van der Waals surface area contributed by atoms with E-state index in [2.05, 4.69) is 19.2 Å². The third-order valence-electron chi connectivity index (χ3n) is 3.90. The Morgan fingerprint density at radius 3 is 2.72 bits per heavy atom. The van der Waals surface area contributed by atoms with Crippen molar-refractivity contribution in [2.24, 2.45) is 5.92 Å². The van der Waals surface area contributed by atoms with E-state index in [0.717, 1.165) is 18.5 Å². The Labute approximate surface area is 114 Å². The van der Waals surface area contributed by atoms with Crippen molar-refractivity contribution >= 4 is 11.6 Å². The largest absolute Gasteiger partial charge is 0.313 e. The second-order valence-corrected chi connectivity index (χ2v) is 5.75. The van der Waals surface area contributed by atoms with Gasteiger partial charge in [-0.1, -0.05) is 37.9 Å². The summed E-state index contributed by atoms with van der Waals surface area (Å²) >= 11 is 6.19. The third kappa shape index (κ3) is 3.46. The fraction of sp³-hybridized carbons (Fsp3) is 0.600. The molecule has 1 aromatic rings. The molecule has 1 nitrogen and oxygen atoms in total. The quantitative estimate of drug-likeness (QED) is 0.809. The zero-order valence-electron chi connectivity index (χ0n) is 11.0. The average molecular weight is 270 g/mol. The van der Waals surface area contributed by atoms with E-state index >= 15 is 0 Å². The van der Waals surface area contributed by atoms with Gasteiger partial charge in [-0.15, -0.1) is 0 Å². The molecule has 1 aromatic carbocycles. The average Bonchev–Trinajstić information content (AvgIpc) is 3.15. The molecule has 1 aliphatic rings. The summed E-state index contributed by atoms with van der Waals surface area (Å²) in [6.07, 6.45) is 3.67. The smallest absolute Gasteiger partial charge is 0.124 e. The zero-order chi connectivity index (χ0) is 13.1. The van der Waals surface area contributed by atoms with E-state index < -0.39 is 0 Å². The minimum atomic E-state index is -0.262. The topological polar surface area (TPSA) is 12.0 Å². The van der Waals surface area contributed by atoms with Gasteiger partial charge in [0.2, 0.25) is 0 Å². The molecule has 1 fully saturated rings. The Morgan fingerprint density at radius 1 is 1.44 bits per heavy atom. The van der Waals surface area contributed by atoms with Crippen LogP contribution >= 0.6 is 11.6 Å². The molecule has 18 heavy (non-hydrogen) atoms. The predicted molar refractivity (Wildman–Crippen MR) is 74.6 cm³/mol. The number of halogens is 2. The second-order valence-electron chi connectivity index (χ2n) is 5.34. The third-order valence-corrected chi connectivity index (χ3v) is 4.22. The highest BCUT2D eigenvalue weighted by Crippen LogP contribution is 2.33. The van der Waals surface area contributed by atoms with Crippen molar-refractivity contribution in [3.05, 3.63) is 34.6 Å². The van der Waals surface area contributed by atoms with Crippen LogP contribution in [0.5, 0.6) is 0 Å². The molecule has 1 aliphatic carbocycles. The molecule has 3 heteroatoms. The van der Waals surface area contributed by atoms with Gasteiger partial charge >= 0.3 is 0 Å². The molecular formula is C15H21ClFN. The number of rotatable bonds is 6. The van der Waals surface area contributed by atoms with Gasteiger partial charge in [0, 0.05) is 23.5 Å². The van der Waals surface area contributed by atoms with Crippen molar-refractivity contribution in [3.63, 3.8) is 0 Å². The van der Waals surface area contributed by atoms with Gasteiger partial charge in [-0.25, -0.2) is 4.39 Å². The lowest BCUT2D eigenvalue weighted by Crippen LogP contribution is -2.27. The zero-order valence-corrected chi connectivity index (χ0v) is 11.8. The molecule has 1 N–H and O–H groups in total. The predicted octanol–water partition coefficient (Wildman–Crippen LogP) is 4.36. The van der Waals surface area contributed by atoms with Gasteiger partial charge in [0.15, 0.2) is 0 Å². The van der Waals surface area contributed by atoms with Crippen molar-refractivity contribution in [3.8, 4) is 0 Å². The lowest BCUT2D eigenvalue weighted by Gasteiger charge is -2.25. The van der Waals surface area contributed by atoms with Crippen molar-refractivity contribution in [2.45, 2.75) is 45.1 Å². The Bertz CT molecular complexity index is 403. The van der Waals surface area contributed by atoms with Gasteiger partial charge in [-0.05, 0) is 36.5 Å². The molecule has 0 spiro atoms. The molecule has 0 radical (unpaired) electrons. The van der Waals surface area contributed by atoms with Crippen LogP contribution < -0.4 is 5.32 Å².